The van der Waals surface area contributed by atoms with Crippen LogP contribution in [-0.4, -0.2) is 209 Å². The van der Waals surface area contributed by atoms with Crippen LogP contribution in [0.5, 0.6) is 0 Å². The molecule has 2 aromatic rings. The zero-order valence-electron chi connectivity index (χ0n) is 39.8. The first-order chi connectivity index (χ1) is 33.7. The van der Waals surface area contributed by atoms with E-state index >= 15 is 0 Å². The summed E-state index contributed by atoms with van der Waals surface area (Å²) >= 11 is 0. The van der Waals surface area contributed by atoms with Crippen LogP contribution in [0.1, 0.15) is 71.4 Å². The maximum atomic E-state index is 14.2. The van der Waals surface area contributed by atoms with Gasteiger partial charge < -0.3 is 89.8 Å². The molecule has 1 aromatic heterocycles. The van der Waals surface area contributed by atoms with Gasteiger partial charge in [-0.3, -0.25) is 9.59 Å². The van der Waals surface area contributed by atoms with Gasteiger partial charge in [-0.25, -0.2) is 18.3 Å². The summed E-state index contributed by atoms with van der Waals surface area (Å²) in [4.78, 5) is 38.9. The van der Waals surface area contributed by atoms with Crippen molar-refractivity contribution >= 4 is 17.8 Å². The van der Waals surface area contributed by atoms with Crippen molar-refractivity contribution in [3.8, 4) is 11.3 Å². The van der Waals surface area contributed by atoms with Gasteiger partial charge in [-0.1, -0.05) is 31.9 Å². The minimum Gasteiger partial charge on any atom is -0.479 e. The van der Waals surface area contributed by atoms with Crippen LogP contribution in [-0.2, 0) is 47.5 Å². The first-order valence-electron chi connectivity index (χ1n) is 23.7. The summed E-state index contributed by atoms with van der Waals surface area (Å²) in [5.74, 6) is -6.05. The molecule has 4 heterocycles. The number of carboxylic acids is 1. The molecule has 1 aliphatic carbocycles. The Labute approximate surface area is 407 Å². The molecule has 1 aromatic carbocycles. The highest BCUT2D eigenvalue weighted by Gasteiger charge is 2.53. The number of carbonyl (C=O) groups excluding carboxylic acids is 2. The second kappa shape index (κ2) is 24.8. The van der Waals surface area contributed by atoms with E-state index in [9.17, 15) is 69.1 Å². The molecule has 9 unspecified atom stereocenters. The number of halogens is 2. The molecule has 4 aliphatic rings. The number of ether oxygens (including phenoxy) is 7. The number of aliphatic carboxylic acids is 1. The topological polar surface area (TPSA) is 353 Å². The first kappa shape index (κ1) is 56.3. The van der Waals surface area contributed by atoms with Crippen molar-refractivity contribution in [2.24, 2.45) is 11.8 Å². The van der Waals surface area contributed by atoms with Gasteiger partial charge in [0.15, 0.2) is 36.6 Å². The van der Waals surface area contributed by atoms with Crippen molar-refractivity contribution in [2.45, 2.75) is 177 Å². The number of aliphatic hydroxyl groups excluding tert-OH is 8. The van der Waals surface area contributed by atoms with Gasteiger partial charge in [-0.15, -0.1) is 5.10 Å². The molecule has 400 valence electrons. The molecule has 4 fully saturated rings. The molecule has 26 heteroatoms. The van der Waals surface area contributed by atoms with E-state index in [0.717, 1.165) is 17.7 Å². The Hall–Kier alpha value is -3.97. The van der Waals surface area contributed by atoms with E-state index in [2.05, 4.69) is 20.9 Å². The predicted molar refractivity (Wildman–Crippen MR) is 235 cm³/mol. The first-order valence-corrected chi connectivity index (χ1v) is 23.7. The van der Waals surface area contributed by atoms with E-state index < -0.39 is 165 Å². The van der Waals surface area contributed by atoms with Crippen LogP contribution in [0.15, 0.2) is 18.3 Å². The standard InChI is InChI=1S/C45H67F2N5O19/c1-6-8-26(42(63)64)67-40-31(49-20(5)55)43(69-29(17-54)35(40)58)68-27-14-23(12-21(7-2)39(27)71-45-38(61)37(60)33(56)19(4)66-45)41(62)48-9-10-65-44-36(59)32(34(57)28(16-53)70-44)52-15-25(50-51-52)22-11-18(3)30(47)24(46)13-22/h11,13,15,19,21,23,26-29,31-40,43-45,53-54,56-61H,6-10,12,14,16-17H2,1-5H3,(H,48,62)(H,49,55)(H,63,64)/t19?,21?,23?,26-,27+,28?,29-,31?,32?,33+,34+,35-,36?,37-,38?,39+,40?,43+,44-,45-/m0/s1. The number of aliphatic hydroxyl groups is 8. The van der Waals surface area contributed by atoms with Crippen LogP contribution in [0.25, 0.3) is 11.3 Å². The lowest BCUT2D eigenvalue weighted by Crippen LogP contribution is -2.67. The quantitative estimate of drug-likeness (QED) is 0.0633. The largest absolute Gasteiger partial charge is 0.479 e. The van der Waals surface area contributed by atoms with Gasteiger partial charge in [-0.2, -0.15) is 0 Å². The molecule has 0 spiro atoms. The SMILES string of the molecule is CCC[C@H](OC1C(NC(C)=O)[C@H](O[C@@H]2CC(C(=O)NCCO[C@H]3OC(CO)[C@@H](O)C(n4cc(-c5cc(C)c(F)c(F)c5)nn4)C3O)CC(CC)[C@H]2O[C@@H]2OC(C)[C@@H](O)[C@H](O)C2O)O[C@@H](CO)[C@@H]1O)C(=O)O. The van der Waals surface area contributed by atoms with Crippen molar-refractivity contribution in [3.05, 3.63) is 35.5 Å². The fraction of sp³-hybridized carbons (Fsp3) is 0.756. The second-order valence-corrected chi connectivity index (χ2v) is 18.5. The van der Waals surface area contributed by atoms with Crippen LogP contribution in [0.3, 0.4) is 0 Å². The molecule has 2 amide bonds. The van der Waals surface area contributed by atoms with E-state index in [1.54, 1.807) is 13.8 Å². The van der Waals surface area contributed by atoms with E-state index in [1.165, 1.54) is 26.1 Å². The van der Waals surface area contributed by atoms with Crippen molar-refractivity contribution in [3.63, 3.8) is 0 Å². The number of hydrogen-bond acceptors (Lipinski definition) is 20. The Morgan fingerprint density at radius 1 is 0.873 bits per heavy atom. The van der Waals surface area contributed by atoms with Crippen molar-refractivity contribution in [1.82, 2.24) is 25.6 Å². The van der Waals surface area contributed by atoms with Crippen LogP contribution < -0.4 is 10.6 Å². The number of carboxylic acid groups (broad SMARTS) is 1. The monoisotopic (exact) mass is 1020 g/mol. The number of rotatable bonds is 20. The fourth-order valence-electron chi connectivity index (χ4n) is 9.59. The van der Waals surface area contributed by atoms with Gasteiger partial charge in [0.2, 0.25) is 11.8 Å². The molecular weight excluding hydrogens is 953 g/mol. The minimum atomic E-state index is -1.74. The number of aryl methyl sites for hydroxylation is 1. The molecule has 11 N–H and O–H groups in total. The lowest BCUT2D eigenvalue weighted by atomic mass is 9.75. The third-order valence-corrected chi connectivity index (χ3v) is 13.5. The molecule has 0 bridgehead atoms. The maximum Gasteiger partial charge on any atom is 0.332 e. The average Bonchev–Trinajstić information content (AvgIpc) is 3.82. The number of carbonyl (C=O) groups is 3. The summed E-state index contributed by atoms with van der Waals surface area (Å²) in [7, 11) is 0. The van der Waals surface area contributed by atoms with Gasteiger partial charge in [0.25, 0.3) is 0 Å². The van der Waals surface area contributed by atoms with E-state index in [-0.39, 0.29) is 49.2 Å². The van der Waals surface area contributed by atoms with Crippen LogP contribution in [0.2, 0.25) is 0 Å². The number of hydrogen-bond donors (Lipinski definition) is 11. The third-order valence-electron chi connectivity index (χ3n) is 13.5. The van der Waals surface area contributed by atoms with Gasteiger partial charge in [0.05, 0.1) is 44.3 Å². The Bertz CT molecular complexity index is 2070. The van der Waals surface area contributed by atoms with Gasteiger partial charge in [-0.05, 0) is 56.7 Å². The zero-order valence-corrected chi connectivity index (χ0v) is 39.8. The lowest BCUT2D eigenvalue weighted by Gasteiger charge is -2.49. The Balaban J connectivity index is 1.19. The van der Waals surface area contributed by atoms with Gasteiger partial charge >= 0.3 is 5.97 Å². The number of nitrogens with zero attached hydrogens (tertiary/aromatic N) is 3. The highest BCUT2D eigenvalue weighted by molar-refractivity contribution is 5.79. The van der Waals surface area contributed by atoms with Crippen LogP contribution in [0, 0.1) is 30.4 Å². The number of aromatic nitrogens is 3. The third kappa shape index (κ3) is 12.9. The number of amides is 2. The van der Waals surface area contributed by atoms with E-state index in [4.69, 9.17) is 33.2 Å². The zero-order chi connectivity index (χ0) is 52.0. The van der Waals surface area contributed by atoms with Crippen LogP contribution >= 0.6 is 0 Å². The molecule has 24 nitrogen and oxygen atoms in total. The Kier molecular flexibility index (Phi) is 19.7. The summed E-state index contributed by atoms with van der Waals surface area (Å²) in [6, 6.07) is -0.442. The van der Waals surface area contributed by atoms with Gasteiger partial charge in [0.1, 0.15) is 72.7 Å². The molecule has 71 heavy (non-hydrogen) atoms. The molecular formula is C45H67F2N5O19. The van der Waals surface area contributed by atoms with Crippen molar-refractivity contribution in [1.29, 1.82) is 0 Å². The molecule has 20 atom stereocenters. The number of nitrogens with one attached hydrogen (secondary N) is 2. The lowest BCUT2D eigenvalue weighted by molar-refractivity contribution is -0.338. The summed E-state index contributed by atoms with van der Waals surface area (Å²) < 4.78 is 71.4. The van der Waals surface area contributed by atoms with Crippen molar-refractivity contribution in [2.75, 3.05) is 26.4 Å². The normalized spacial score (nSPS) is 37.0. The second-order valence-electron chi connectivity index (χ2n) is 18.5. The van der Waals surface area contributed by atoms with E-state index in [1.807, 2.05) is 0 Å². The molecule has 3 saturated heterocycles. The summed E-state index contributed by atoms with van der Waals surface area (Å²) in [5.41, 5.74) is 0.271. The molecule has 3 aliphatic heterocycles. The summed E-state index contributed by atoms with van der Waals surface area (Å²) in [6.07, 6.45) is -21.1. The Morgan fingerprint density at radius 2 is 1.56 bits per heavy atom. The highest BCUT2D eigenvalue weighted by Crippen LogP contribution is 2.40. The molecule has 1 saturated carbocycles. The van der Waals surface area contributed by atoms with Crippen molar-refractivity contribution < 1.29 is 102 Å². The summed E-state index contributed by atoms with van der Waals surface area (Å²) in [5, 5.41) is 109. The van der Waals surface area contributed by atoms with E-state index in [0.29, 0.717) is 12.8 Å². The van der Waals surface area contributed by atoms with Gasteiger partial charge in [0, 0.05) is 24.9 Å². The van der Waals surface area contributed by atoms with Crippen LogP contribution in [0.4, 0.5) is 8.78 Å². The maximum absolute atomic E-state index is 14.2. The fourth-order valence-corrected chi connectivity index (χ4v) is 9.59. The summed E-state index contributed by atoms with van der Waals surface area (Å²) in [6.45, 7) is 5.57. The predicted octanol–water partition coefficient (Wildman–Crippen LogP) is -2.10. The smallest absolute Gasteiger partial charge is 0.332 e. The Morgan fingerprint density at radius 3 is 2.20 bits per heavy atom. The average molecular weight is 1020 g/mol. The number of benzene rings is 1. The highest BCUT2D eigenvalue weighted by atomic mass is 19.2. The minimum absolute atomic E-state index is 0.00949. The molecule has 6 rings (SSSR count). The molecule has 0 radical (unpaired) electrons.